The van der Waals surface area contributed by atoms with Crippen molar-refractivity contribution < 1.29 is 23.7 Å². The van der Waals surface area contributed by atoms with Crippen molar-refractivity contribution in [3.8, 4) is 23.0 Å². The summed E-state index contributed by atoms with van der Waals surface area (Å²) in [6.07, 6.45) is 6.50. The number of ether oxygens (including phenoxy) is 4. The standard InChI is InChI=1S/C25H28BrNO5S2/c1-3-4-5-6-11-30-18-7-9-19(10-8-18)31-12-13-32-23-20(26)14-17(15-21(23)29-2)16-22-24(28)27-25(33)34-22/h7-10,14-16H,3-6,11-13H2,1-2H3,(H,27,28,33). The third kappa shape index (κ3) is 7.92. The van der Waals surface area contributed by atoms with E-state index in [4.69, 9.17) is 31.2 Å². The third-order valence-corrected chi connectivity index (χ3v) is 6.63. The molecule has 182 valence electrons. The SMILES string of the molecule is CCCCCCOc1ccc(OCCOc2c(Br)cc(C=C3SC(=S)NC3=O)cc2OC)cc1. The van der Waals surface area contributed by atoms with Crippen molar-refractivity contribution in [2.75, 3.05) is 26.9 Å². The van der Waals surface area contributed by atoms with E-state index < -0.39 is 0 Å². The number of unbranched alkanes of at least 4 members (excludes halogenated alkanes) is 3. The summed E-state index contributed by atoms with van der Waals surface area (Å²) in [6.45, 7) is 3.63. The summed E-state index contributed by atoms with van der Waals surface area (Å²) < 4.78 is 24.1. The molecule has 1 saturated heterocycles. The van der Waals surface area contributed by atoms with Crippen LogP contribution in [0.3, 0.4) is 0 Å². The summed E-state index contributed by atoms with van der Waals surface area (Å²) in [6, 6.07) is 11.3. The minimum absolute atomic E-state index is 0.200. The number of carbonyl (C=O) groups is 1. The molecule has 9 heteroatoms. The highest BCUT2D eigenvalue weighted by atomic mass is 79.9. The van der Waals surface area contributed by atoms with Crippen molar-refractivity contribution >= 4 is 56.2 Å². The van der Waals surface area contributed by atoms with Crippen LogP contribution >= 0.6 is 39.9 Å². The second kappa shape index (κ2) is 13.6. The van der Waals surface area contributed by atoms with E-state index in [0.717, 1.165) is 30.1 Å². The molecule has 0 saturated carbocycles. The second-order valence-corrected chi connectivity index (χ2v) is 10.0. The van der Waals surface area contributed by atoms with Crippen LogP contribution in [-0.4, -0.2) is 37.2 Å². The van der Waals surface area contributed by atoms with Crippen molar-refractivity contribution in [2.24, 2.45) is 0 Å². The molecule has 34 heavy (non-hydrogen) atoms. The molecule has 1 heterocycles. The third-order valence-electron chi connectivity index (χ3n) is 4.88. The van der Waals surface area contributed by atoms with Gasteiger partial charge < -0.3 is 24.3 Å². The minimum Gasteiger partial charge on any atom is -0.494 e. The lowest BCUT2D eigenvalue weighted by Crippen LogP contribution is -2.17. The molecule has 0 bridgehead atoms. The molecule has 2 aromatic carbocycles. The molecule has 1 aliphatic heterocycles. The van der Waals surface area contributed by atoms with Crippen LogP contribution in [0.1, 0.15) is 38.2 Å². The van der Waals surface area contributed by atoms with E-state index >= 15 is 0 Å². The first-order chi connectivity index (χ1) is 16.5. The molecule has 3 rings (SSSR count). The Labute approximate surface area is 218 Å². The molecule has 0 unspecified atom stereocenters. The fourth-order valence-corrected chi connectivity index (χ4v) is 4.81. The van der Waals surface area contributed by atoms with Gasteiger partial charge in [-0.1, -0.05) is 50.2 Å². The Kier molecular flexibility index (Phi) is 10.6. The predicted octanol–water partition coefficient (Wildman–Crippen LogP) is 6.36. The number of carbonyl (C=O) groups excluding carboxylic acids is 1. The van der Waals surface area contributed by atoms with Gasteiger partial charge in [-0.3, -0.25) is 4.79 Å². The zero-order chi connectivity index (χ0) is 24.3. The summed E-state index contributed by atoms with van der Waals surface area (Å²) in [7, 11) is 1.57. The highest BCUT2D eigenvalue weighted by molar-refractivity contribution is 9.10. The molecule has 0 aliphatic carbocycles. The van der Waals surface area contributed by atoms with Crippen molar-refractivity contribution in [3.05, 3.63) is 51.3 Å². The fourth-order valence-electron chi connectivity index (χ4n) is 3.19. The summed E-state index contributed by atoms with van der Waals surface area (Å²) >= 11 is 9.80. The number of nitrogens with one attached hydrogen (secondary N) is 1. The Hall–Kier alpha value is -2.23. The Morgan fingerprint density at radius 2 is 1.68 bits per heavy atom. The van der Waals surface area contributed by atoms with Gasteiger partial charge in [-0.25, -0.2) is 0 Å². The van der Waals surface area contributed by atoms with Gasteiger partial charge in [0.05, 0.1) is 23.1 Å². The van der Waals surface area contributed by atoms with Crippen molar-refractivity contribution in [1.29, 1.82) is 0 Å². The van der Waals surface area contributed by atoms with E-state index in [0.29, 0.717) is 38.4 Å². The number of amides is 1. The minimum atomic E-state index is -0.200. The largest absolute Gasteiger partial charge is 0.494 e. The van der Waals surface area contributed by atoms with Crippen LogP contribution in [0.4, 0.5) is 0 Å². The van der Waals surface area contributed by atoms with E-state index in [9.17, 15) is 4.79 Å². The van der Waals surface area contributed by atoms with Crippen LogP contribution < -0.4 is 24.3 Å². The molecule has 1 amide bonds. The topological polar surface area (TPSA) is 66.0 Å². The second-order valence-electron chi connectivity index (χ2n) is 7.46. The number of rotatable bonds is 13. The highest BCUT2D eigenvalue weighted by Gasteiger charge is 2.22. The molecular weight excluding hydrogens is 538 g/mol. The van der Waals surface area contributed by atoms with Gasteiger partial charge in [-0.05, 0) is 70.4 Å². The summed E-state index contributed by atoms with van der Waals surface area (Å²) in [5.74, 6) is 2.51. The summed E-state index contributed by atoms with van der Waals surface area (Å²) in [4.78, 5) is 12.4. The molecular formula is C25H28BrNO5S2. The molecule has 0 spiro atoms. The first-order valence-corrected chi connectivity index (χ1v) is 13.1. The Morgan fingerprint density at radius 1 is 1.00 bits per heavy atom. The molecule has 1 aliphatic rings. The average molecular weight is 567 g/mol. The first kappa shape index (κ1) is 26.4. The van der Waals surface area contributed by atoms with Gasteiger partial charge in [-0.2, -0.15) is 0 Å². The molecule has 0 radical (unpaired) electrons. The number of benzene rings is 2. The van der Waals surface area contributed by atoms with E-state index in [1.807, 2.05) is 36.4 Å². The molecule has 2 aromatic rings. The quantitative estimate of drug-likeness (QED) is 0.172. The maximum absolute atomic E-state index is 11.9. The van der Waals surface area contributed by atoms with Gasteiger partial charge in [0, 0.05) is 0 Å². The maximum atomic E-state index is 11.9. The molecule has 0 atom stereocenters. The van der Waals surface area contributed by atoms with Gasteiger partial charge in [0.25, 0.3) is 5.91 Å². The Morgan fingerprint density at radius 3 is 2.29 bits per heavy atom. The van der Waals surface area contributed by atoms with Gasteiger partial charge in [0.15, 0.2) is 11.5 Å². The van der Waals surface area contributed by atoms with Crippen LogP contribution in [0.2, 0.25) is 0 Å². The lowest BCUT2D eigenvalue weighted by molar-refractivity contribution is -0.115. The average Bonchev–Trinajstić information content (AvgIpc) is 3.14. The van der Waals surface area contributed by atoms with Crippen molar-refractivity contribution in [1.82, 2.24) is 5.32 Å². The number of hydrogen-bond donors (Lipinski definition) is 1. The number of thiocarbonyl (C=S) groups is 1. The van der Waals surface area contributed by atoms with Crippen LogP contribution in [0.25, 0.3) is 6.08 Å². The van der Waals surface area contributed by atoms with Crippen LogP contribution in [0.15, 0.2) is 45.8 Å². The zero-order valence-corrected chi connectivity index (χ0v) is 22.4. The van der Waals surface area contributed by atoms with Crippen molar-refractivity contribution in [2.45, 2.75) is 32.6 Å². The van der Waals surface area contributed by atoms with Gasteiger partial charge >= 0.3 is 0 Å². The van der Waals surface area contributed by atoms with Crippen LogP contribution in [0.5, 0.6) is 23.0 Å². The molecule has 1 N–H and O–H groups in total. The predicted molar refractivity (Wildman–Crippen MR) is 144 cm³/mol. The first-order valence-electron chi connectivity index (χ1n) is 11.1. The molecule has 1 fully saturated rings. The Balaban J connectivity index is 1.49. The van der Waals surface area contributed by atoms with Crippen LogP contribution in [-0.2, 0) is 4.79 Å². The van der Waals surface area contributed by atoms with Gasteiger partial charge in [0.1, 0.15) is 29.0 Å². The number of thioether (sulfide) groups is 1. The van der Waals surface area contributed by atoms with E-state index in [-0.39, 0.29) is 5.91 Å². The van der Waals surface area contributed by atoms with Gasteiger partial charge in [-0.15, -0.1) is 0 Å². The molecule has 6 nitrogen and oxygen atoms in total. The summed E-state index contributed by atoms with van der Waals surface area (Å²) in [5.41, 5.74) is 0.794. The monoisotopic (exact) mass is 565 g/mol. The van der Waals surface area contributed by atoms with E-state index in [1.165, 1.54) is 31.0 Å². The number of halogens is 1. The lowest BCUT2D eigenvalue weighted by atomic mass is 10.2. The highest BCUT2D eigenvalue weighted by Crippen LogP contribution is 2.38. The number of hydrogen-bond acceptors (Lipinski definition) is 7. The smallest absolute Gasteiger partial charge is 0.263 e. The number of methoxy groups -OCH3 is 1. The lowest BCUT2D eigenvalue weighted by Gasteiger charge is -2.14. The Bertz CT molecular complexity index is 1030. The molecule has 0 aromatic heterocycles. The fraction of sp³-hybridized carbons (Fsp3) is 0.360. The van der Waals surface area contributed by atoms with E-state index in [1.54, 1.807) is 13.2 Å². The van der Waals surface area contributed by atoms with E-state index in [2.05, 4.69) is 28.2 Å². The maximum Gasteiger partial charge on any atom is 0.263 e. The zero-order valence-electron chi connectivity index (χ0n) is 19.2. The van der Waals surface area contributed by atoms with Crippen LogP contribution in [0, 0.1) is 0 Å². The van der Waals surface area contributed by atoms with Crippen molar-refractivity contribution in [3.63, 3.8) is 0 Å². The summed E-state index contributed by atoms with van der Waals surface area (Å²) in [5, 5.41) is 2.61. The normalized spacial score (nSPS) is 14.3. The van der Waals surface area contributed by atoms with Gasteiger partial charge in [0.2, 0.25) is 0 Å².